The molecule has 4 heteroatoms. The van der Waals surface area contributed by atoms with Crippen molar-refractivity contribution in [3.63, 3.8) is 0 Å². The van der Waals surface area contributed by atoms with Crippen molar-refractivity contribution in [2.45, 2.75) is 51.2 Å². The minimum absolute atomic E-state index is 0.237. The van der Waals surface area contributed by atoms with Crippen LogP contribution in [0.1, 0.15) is 46.0 Å². The molecule has 1 fully saturated rings. The Morgan fingerprint density at radius 3 is 2.75 bits per heavy atom. The summed E-state index contributed by atoms with van der Waals surface area (Å²) >= 11 is 0. The van der Waals surface area contributed by atoms with E-state index in [1.807, 2.05) is 0 Å². The van der Waals surface area contributed by atoms with Crippen molar-refractivity contribution in [3.8, 4) is 0 Å². The summed E-state index contributed by atoms with van der Waals surface area (Å²) in [6, 6.07) is 0. The lowest BCUT2D eigenvalue weighted by atomic mass is 9.87. The van der Waals surface area contributed by atoms with E-state index in [9.17, 15) is 9.00 Å². The van der Waals surface area contributed by atoms with Crippen molar-refractivity contribution in [2.24, 2.45) is 11.8 Å². The Labute approximate surface area is 100 Å². The zero-order valence-electron chi connectivity index (χ0n) is 10.1. The fourth-order valence-corrected chi connectivity index (χ4v) is 4.13. The second kappa shape index (κ2) is 6.38. The van der Waals surface area contributed by atoms with Crippen LogP contribution in [-0.2, 0) is 15.6 Å². The summed E-state index contributed by atoms with van der Waals surface area (Å²) in [6.07, 6.45) is 5.59. The Hall–Kier alpha value is -0.380. The quantitative estimate of drug-likeness (QED) is 0.810. The van der Waals surface area contributed by atoms with E-state index in [0.717, 1.165) is 25.7 Å². The molecular formula is C12H22O3S. The number of carboxylic acids is 1. The van der Waals surface area contributed by atoms with Gasteiger partial charge in [0.15, 0.2) is 0 Å². The van der Waals surface area contributed by atoms with Gasteiger partial charge in [-0.15, -0.1) is 0 Å². The predicted octanol–water partition coefficient (Wildman–Crippen LogP) is 2.42. The fraction of sp³-hybridized carbons (Fsp3) is 0.917. The molecule has 1 saturated carbocycles. The maximum Gasteiger partial charge on any atom is 0.307 e. The van der Waals surface area contributed by atoms with E-state index in [4.69, 9.17) is 5.11 Å². The van der Waals surface area contributed by atoms with Crippen LogP contribution < -0.4 is 0 Å². The fourth-order valence-electron chi connectivity index (χ4n) is 2.31. The van der Waals surface area contributed by atoms with Gasteiger partial charge in [-0.3, -0.25) is 9.00 Å². The van der Waals surface area contributed by atoms with Gasteiger partial charge >= 0.3 is 5.97 Å². The van der Waals surface area contributed by atoms with E-state index in [-0.39, 0.29) is 5.25 Å². The zero-order valence-corrected chi connectivity index (χ0v) is 11.0. The van der Waals surface area contributed by atoms with Crippen LogP contribution in [-0.4, -0.2) is 26.3 Å². The second-order valence-corrected chi connectivity index (χ2v) is 6.61. The van der Waals surface area contributed by atoms with Crippen LogP contribution in [0.15, 0.2) is 0 Å². The summed E-state index contributed by atoms with van der Waals surface area (Å²) in [4.78, 5) is 10.7. The van der Waals surface area contributed by atoms with Crippen LogP contribution >= 0.6 is 0 Å². The minimum atomic E-state index is -0.960. The van der Waals surface area contributed by atoms with Gasteiger partial charge in [0.05, 0.1) is 5.92 Å². The van der Waals surface area contributed by atoms with Gasteiger partial charge in [-0.1, -0.05) is 33.1 Å². The van der Waals surface area contributed by atoms with Crippen LogP contribution in [0.5, 0.6) is 0 Å². The average Bonchev–Trinajstić information content (AvgIpc) is 2.28. The van der Waals surface area contributed by atoms with Gasteiger partial charge in [-0.05, 0) is 18.8 Å². The maximum absolute atomic E-state index is 12.0. The smallest absolute Gasteiger partial charge is 0.307 e. The molecule has 1 N–H and O–H groups in total. The molecule has 3 nitrogen and oxygen atoms in total. The maximum atomic E-state index is 12.0. The topological polar surface area (TPSA) is 54.4 Å². The molecular weight excluding hydrogens is 224 g/mol. The van der Waals surface area contributed by atoms with Gasteiger partial charge in [0.1, 0.15) is 0 Å². The Morgan fingerprint density at radius 2 is 2.19 bits per heavy atom. The molecule has 0 saturated heterocycles. The van der Waals surface area contributed by atoms with Crippen LogP contribution in [0.3, 0.4) is 0 Å². The largest absolute Gasteiger partial charge is 0.481 e. The van der Waals surface area contributed by atoms with Gasteiger partial charge < -0.3 is 5.11 Å². The van der Waals surface area contributed by atoms with Crippen LogP contribution in [0.4, 0.5) is 0 Å². The highest BCUT2D eigenvalue weighted by Crippen LogP contribution is 2.30. The lowest BCUT2D eigenvalue weighted by Gasteiger charge is -2.28. The molecule has 4 atom stereocenters. The van der Waals surface area contributed by atoms with E-state index in [1.54, 1.807) is 6.92 Å². The molecule has 0 aromatic carbocycles. The third-order valence-corrected chi connectivity index (χ3v) is 5.52. The first-order valence-corrected chi connectivity index (χ1v) is 7.52. The standard InChI is InChI=1S/C12H22O3S/c1-3-10-5-4-6-11(7-10)16(15)8-9(2)12(13)14/h9-11H,3-8H2,1-2H3,(H,13,14). The highest BCUT2D eigenvalue weighted by molar-refractivity contribution is 7.85. The van der Waals surface area contributed by atoms with Gasteiger partial charge in [0, 0.05) is 21.8 Å². The summed E-state index contributed by atoms with van der Waals surface area (Å²) in [5.74, 6) is -0.307. The molecule has 0 bridgehead atoms. The van der Waals surface area contributed by atoms with E-state index in [2.05, 4.69) is 6.92 Å². The normalized spacial score (nSPS) is 29.6. The first-order valence-electron chi connectivity index (χ1n) is 6.14. The Bertz CT molecular complexity index is 265. The van der Waals surface area contributed by atoms with Crippen molar-refractivity contribution >= 4 is 16.8 Å². The predicted molar refractivity (Wildman–Crippen MR) is 65.8 cm³/mol. The molecule has 0 aromatic rings. The molecule has 1 aliphatic rings. The summed E-state index contributed by atoms with van der Waals surface area (Å²) in [6.45, 7) is 3.82. The molecule has 0 aliphatic heterocycles. The summed E-state index contributed by atoms with van der Waals surface area (Å²) in [5, 5.41) is 9.03. The van der Waals surface area contributed by atoms with Crippen molar-refractivity contribution < 1.29 is 14.1 Å². The SMILES string of the molecule is CCC1CCCC(S(=O)CC(C)C(=O)O)C1. The van der Waals surface area contributed by atoms with Crippen LogP contribution in [0.2, 0.25) is 0 Å². The van der Waals surface area contributed by atoms with E-state index in [0.29, 0.717) is 11.7 Å². The lowest BCUT2D eigenvalue weighted by Crippen LogP contribution is -2.29. The van der Waals surface area contributed by atoms with Gasteiger partial charge in [0.25, 0.3) is 0 Å². The minimum Gasteiger partial charge on any atom is -0.481 e. The number of hydrogen-bond donors (Lipinski definition) is 1. The van der Waals surface area contributed by atoms with Crippen LogP contribution in [0.25, 0.3) is 0 Å². The van der Waals surface area contributed by atoms with Crippen molar-refractivity contribution in [3.05, 3.63) is 0 Å². The summed E-state index contributed by atoms with van der Waals surface area (Å²) < 4.78 is 12.0. The summed E-state index contributed by atoms with van der Waals surface area (Å²) in [5.41, 5.74) is 0. The molecule has 1 aliphatic carbocycles. The second-order valence-electron chi connectivity index (χ2n) is 4.85. The molecule has 0 aromatic heterocycles. The van der Waals surface area contributed by atoms with E-state index >= 15 is 0 Å². The summed E-state index contributed by atoms with van der Waals surface area (Å²) in [7, 11) is -0.960. The Morgan fingerprint density at radius 1 is 1.50 bits per heavy atom. The zero-order chi connectivity index (χ0) is 12.1. The molecule has 0 radical (unpaired) electrons. The van der Waals surface area contributed by atoms with Crippen molar-refractivity contribution in [2.75, 3.05) is 5.75 Å². The average molecular weight is 246 g/mol. The van der Waals surface area contributed by atoms with Gasteiger partial charge in [-0.25, -0.2) is 0 Å². The number of rotatable bonds is 5. The highest BCUT2D eigenvalue weighted by Gasteiger charge is 2.27. The lowest BCUT2D eigenvalue weighted by molar-refractivity contribution is -0.140. The molecule has 16 heavy (non-hydrogen) atoms. The Balaban J connectivity index is 2.44. The molecule has 1 rings (SSSR count). The van der Waals surface area contributed by atoms with Crippen molar-refractivity contribution in [1.29, 1.82) is 0 Å². The number of carbonyl (C=O) groups is 1. The van der Waals surface area contributed by atoms with Crippen LogP contribution in [0, 0.1) is 11.8 Å². The monoisotopic (exact) mass is 246 g/mol. The number of aliphatic carboxylic acids is 1. The highest BCUT2D eigenvalue weighted by atomic mass is 32.2. The Kier molecular flexibility index (Phi) is 5.46. The number of hydrogen-bond acceptors (Lipinski definition) is 2. The van der Waals surface area contributed by atoms with Gasteiger partial charge in [-0.2, -0.15) is 0 Å². The third kappa shape index (κ3) is 3.89. The number of carboxylic acid groups (broad SMARTS) is 1. The first-order chi connectivity index (χ1) is 7.54. The molecule has 0 spiro atoms. The molecule has 94 valence electrons. The molecule has 0 heterocycles. The van der Waals surface area contributed by atoms with Crippen molar-refractivity contribution in [1.82, 2.24) is 0 Å². The molecule has 0 amide bonds. The van der Waals surface area contributed by atoms with E-state index in [1.165, 1.54) is 6.42 Å². The van der Waals surface area contributed by atoms with Gasteiger partial charge in [0.2, 0.25) is 0 Å². The third-order valence-electron chi connectivity index (χ3n) is 3.52. The van der Waals surface area contributed by atoms with E-state index < -0.39 is 22.7 Å². The molecule has 4 unspecified atom stereocenters. The first kappa shape index (κ1) is 13.7.